The Hall–Kier alpha value is -2.55. The molecule has 2 N–H and O–H groups in total. The Labute approximate surface area is 159 Å². The second kappa shape index (κ2) is 6.99. The van der Waals surface area contributed by atoms with Gasteiger partial charge in [-0.2, -0.15) is 4.52 Å². The van der Waals surface area contributed by atoms with Gasteiger partial charge >= 0.3 is 6.09 Å². The van der Waals surface area contributed by atoms with E-state index >= 15 is 0 Å². The van der Waals surface area contributed by atoms with Crippen LogP contribution < -0.4 is 10.5 Å². The highest BCUT2D eigenvalue weighted by molar-refractivity contribution is 9.10. The highest BCUT2D eigenvalue weighted by atomic mass is 79.9. The van der Waals surface area contributed by atoms with Crippen molar-refractivity contribution in [1.82, 2.24) is 19.5 Å². The smallest absolute Gasteiger partial charge is 0.415 e. The number of furan rings is 1. The monoisotopic (exact) mass is 421 g/mol. The first-order valence-corrected chi connectivity index (χ1v) is 8.97. The maximum absolute atomic E-state index is 12.5. The van der Waals surface area contributed by atoms with E-state index < -0.39 is 6.09 Å². The Bertz CT molecular complexity index is 939. The molecule has 0 unspecified atom stereocenters. The van der Waals surface area contributed by atoms with Crippen LogP contribution >= 0.6 is 15.9 Å². The van der Waals surface area contributed by atoms with Crippen LogP contribution in [0.3, 0.4) is 0 Å². The summed E-state index contributed by atoms with van der Waals surface area (Å²) in [4.78, 5) is 18.5. The van der Waals surface area contributed by atoms with E-state index in [9.17, 15) is 4.79 Å². The summed E-state index contributed by atoms with van der Waals surface area (Å²) in [7, 11) is 0. The van der Waals surface area contributed by atoms with Gasteiger partial charge in [0.15, 0.2) is 16.1 Å². The zero-order chi connectivity index (χ0) is 19.0. The molecule has 3 aromatic heterocycles. The maximum atomic E-state index is 12.5. The van der Waals surface area contributed by atoms with Crippen LogP contribution in [-0.2, 0) is 0 Å². The molecule has 0 bridgehead atoms. The van der Waals surface area contributed by atoms with E-state index in [1.54, 1.807) is 29.2 Å². The van der Waals surface area contributed by atoms with Crippen LogP contribution in [0.15, 0.2) is 33.4 Å². The zero-order valence-electron chi connectivity index (χ0n) is 14.9. The van der Waals surface area contributed by atoms with E-state index in [4.69, 9.17) is 14.9 Å². The third kappa shape index (κ3) is 3.52. The van der Waals surface area contributed by atoms with Crippen LogP contribution in [0.25, 0.3) is 17.2 Å². The Balaban J connectivity index is 1.92. The minimum Gasteiger partial charge on any atom is -0.446 e. The molecular weight excluding hydrogens is 402 g/mol. The van der Waals surface area contributed by atoms with Crippen LogP contribution in [0.5, 0.6) is 5.75 Å². The molecule has 1 amide bonds. The van der Waals surface area contributed by atoms with E-state index in [0.717, 1.165) is 0 Å². The van der Waals surface area contributed by atoms with Gasteiger partial charge in [0.1, 0.15) is 11.6 Å². The first-order chi connectivity index (χ1) is 12.3. The molecule has 3 heterocycles. The third-order valence-corrected chi connectivity index (χ3v) is 4.19. The van der Waals surface area contributed by atoms with Gasteiger partial charge in [-0.15, -0.1) is 5.10 Å². The summed E-state index contributed by atoms with van der Waals surface area (Å²) >= 11 is 3.25. The number of fused-ring (bicyclic) bond motifs is 1. The van der Waals surface area contributed by atoms with Gasteiger partial charge in [0.05, 0.1) is 0 Å². The van der Waals surface area contributed by atoms with E-state index in [2.05, 4.69) is 26.0 Å². The van der Waals surface area contributed by atoms with Gasteiger partial charge in [-0.3, -0.25) is 0 Å². The van der Waals surface area contributed by atoms with Crippen LogP contribution in [0.2, 0.25) is 0 Å². The molecule has 3 aromatic rings. The summed E-state index contributed by atoms with van der Waals surface area (Å²) in [6.07, 6.45) is -0.437. The molecule has 0 atom stereocenters. The molecule has 0 aromatic carbocycles. The maximum Gasteiger partial charge on any atom is 0.415 e. The molecule has 0 radical (unpaired) electrons. The highest BCUT2D eigenvalue weighted by Crippen LogP contribution is 2.26. The van der Waals surface area contributed by atoms with Gasteiger partial charge in [-0.05, 0) is 55.8 Å². The average Bonchev–Trinajstić information content (AvgIpc) is 3.12. The molecule has 138 valence electrons. The number of carbonyl (C=O) groups is 1. The van der Waals surface area contributed by atoms with E-state index in [0.29, 0.717) is 33.5 Å². The Morgan fingerprint density at radius 2 is 1.96 bits per heavy atom. The van der Waals surface area contributed by atoms with Crippen molar-refractivity contribution in [2.45, 2.75) is 39.8 Å². The Kier molecular flexibility index (Phi) is 4.90. The highest BCUT2D eigenvalue weighted by Gasteiger charge is 2.23. The number of aromatic nitrogens is 3. The topological polar surface area (TPSA) is 98.9 Å². The second-order valence-corrected chi connectivity index (χ2v) is 7.17. The quantitative estimate of drug-likeness (QED) is 0.684. The number of carbonyl (C=O) groups excluding carboxylic acids is 1. The third-order valence-electron chi connectivity index (χ3n) is 3.76. The number of halogens is 1. The van der Waals surface area contributed by atoms with Crippen molar-refractivity contribution in [3.63, 3.8) is 0 Å². The lowest BCUT2D eigenvalue weighted by Gasteiger charge is -2.29. The van der Waals surface area contributed by atoms with Crippen molar-refractivity contribution >= 4 is 33.5 Å². The summed E-state index contributed by atoms with van der Waals surface area (Å²) < 4.78 is 13.0. The van der Waals surface area contributed by atoms with Gasteiger partial charge in [0.25, 0.3) is 0 Å². The normalized spacial score (nSPS) is 11.5. The van der Waals surface area contributed by atoms with Gasteiger partial charge in [-0.1, -0.05) is 0 Å². The standard InChI is InChI=1S/C17H20BrN5O3/c1-9(2)22(10(3)4)17(24)25-11-7-14(19)23-15(8-11)20-16(21-23)12-5-6-13(18)26-12/h5-10H,19H2,1-4H3. The van der Waals surface area contributed by atoms with Crippen molar-refractivity contribution in [3.8, 4) is 17.3 Å². The first-order valence-electron chi connectivity index (χ1n) is 8.18. The summed E-state index contributed by atoms with van der Waals surface area (Å²) in [5.74, 6) is 1.50. The predicted molar refractivity (Wildman–Crippen MR) is 101 cm³/mol. The minimum atomic E-state index is -0.437. The summed E-state index contributed by atoms with van der Waals surface area (Å²) in [5, 5.41) is 4.32. The molecule has 8 nitrogen and oxygen atoms in total. The van der Waals surface area contributed by atoms with Gasteiger partial charge in [0.2, 0.25) is 5.82 Å². The number of amides is 1. The molecule has 0 aliphatic rings. The van der Waals surface area contributed by atoms with Crippen LogP contribution in [0, 0.1) is 0 Å². The molecule has 0 saturated carbocycles. The predicted octanol–water partition coefficient (Wildman–Crippen LogP) is 3.95. The number of nitrogen functional groups attached to an aromatic ring is 1. The fourth-order valence-electron chi connectivity index (χ4n) is 2.75. The molecule has 0 saturated heterocycles. The SMILES string of the molecule is CC(C)N(C(=O)Oc1cc(N)n2nc(-c3ccc(Br)o3)nc2c1)C(C)C. The fourth-order valence-corrected chi connectivity index (χ4v) is 3.06. The summed E-state index contributed by atoms with van der Waals surface area (Å²) in [6.45, 7) is 7.74. The van der Waals surface area contributed by atoms with Crippen LogP contribution in [-0.4, -0.2) is 37.7 Å². The van der Waals surface area contributed by atoms with Gasteiger partial charge < -0.3 is 19.8 Å². The molecular formula is C17H20BrN5O3. The molecule has 26 heavy (non-hydrogen) atoms. The number of nitrogens with zero attached hydrogens (tertiary/aromatic N) is 4. The number of nitrogens with two attached hydrogens (primary N) is 1. The molecule has 3 rings (SSSR count). The molecule has 9 heteroatoms. The van der Waals surface area contributed by atoms with Crippen molar-refractivity contribution in [2.75, 3.05) is 5.73 Å². The largest absolute Gasteiger partial charge is 0.446 e. The van der Waals surface area contributed by atoms with Crippen LogP contribution in [0.4, 0.5) is 10.6 Å². The minimum absolute atomic E-state index is 0.0145. The van der Waals surface area contributed by atoms with E-state index in [1.807, 2.05) is 27.7 Å². The van der Waals surface area contributed by atoms with Gasteiger partial charge in [-0.25, -0.2) is 9.78 Å². The lowest BCUT2D eigenvalue weighted by molar-refractivity contribution is 0.123. The van der Waals surface area contributed by atoms with Crippen molar-refractivity contribution < 1.29 is 13.9 Å². The Morgan fingerprint density at radius 3 is 2.54 bits per heavy atom. The van der Waals surface area contributed by atoms with Crippen molar-refractivity contribution in [3.05, 3.63) is 28.9 Å². The lowest BCUT2D eigenvalue weighted by atomic mass is 10.2. The second-order valence-electron chi connectivity index (χ2n) is 6.39. The van der Waals surface area contributed by atoms with E-state index in [1.165, 1.54) is 4.52 Å². The Morgan fingerprint density at radius 1 is 1.27 bits per heavy atom. The molecule has 0 aliphatic heterocycles. The zero-order valence-corrected chi connectivity index (χ0v) is 16.5. The van der Waals surface area contributed by atoms with Crippen molar-refractivity contribution in [2.24, 2.45) is 0 Å². The number of anilines is 1. The van der Waals surface area contributed by atoms with Crippen molar-refractivity contribution in [1.29, 1.82) is 0 Å². The summed E-state index contributed by atoms with van der Waals surface area (Å²) in [6, 6.07) is 6.69. The number of pyridine rings is 1. The van der Waals surface area contributed by atoms with Gasteiger partial charge in [0, 0.05) is 24.2 Å². The molecule has 0 fully saturated rings. The fraction of sp³-hybridized carbons (Fsp3) is 0.353. The average molecular weight is 422 g/mol. The van der Waals surface area contributed by atoms with Crippen LogP contribution in [0.1, 0.15) is 27.7 Å². The number of hydrogen-bond acceptors (Lipinski definition) is 6. The number of rotatable bonds is 4. The number of ether oxygens (including phenoxy) is 1. The lowest BCUT2D eigenvalue weighted by Crippen LogP contribution is -2.43. The summed E-state index contributed by atoms with van der Waals surface area (Å²) in [5.41, 5.74) is 6.50. The number of hydrogen-bond donors (Lipinski definition) is 1. The molecule has 0 spiro atoms. The van der Waals surface area contributed by atoms with E-state index in [-0.39, 0.29) is 12.1 Å². The first kappa shape index (κ1) is 18.2. The molecule has 0 aliphatic carbocycles.